The first-order valence-electron chi connectivity index (χ1n) is 8.96. The third-order valence-electron chi connectivity index (χ3n) is 4.45. The maximum atomic E-state index is 12.3. The summed E-state index contributed by atoms with van der Waals surface area (Å²) in [6.07, 6.45) is 0. The van der Waals surface area contributed by atoms with Crippen molar-refractivity contribution in [2.24, 2.45) is 0 Å². The Morgan fingerprint density at radius 3 is 2.68 bits per heavy atom. The summed E-state index contributed by atoms with van der Waals surface area (Å²) in [6.45, 7) is 4.56. The molecule has 144 valence electrons. The minimum atomic E-state index is -0.424. The topological polar surface area (TPSA) is 92.7 Å². The summed E-state index contributed by atoms with van der Waals surface area (Å²) in [5, 5.41) is 14.1. The van der Waals surface area contributed by atoms with Gasteiger partial charge in [-0.1, -0.05) is 35.9 Å². The van der Waals surface area contributed by atoms with Crippen molar-refractivity contribution in [2.45, 2.75) is 26.4 Å². The minimum absolute atomic E-state index is 0.0725. The van der Waals surface area contributed by atoms with E-state index in [2.05, 4.69) is 54.0 Å². The van der Waals surface area contributed by atoms with Crippen LogP contribution in [0.3, 0.4) is 0 Å². The molecule has 0 aliphatic rings. The molecule has 0 aliphatic carbocycles. The number of rotatable bonds is 7. The number of nitrogen functional groups attached to an aromatic ring is 1. The molecule has 0 amide bonds. The second-order valence-corrected chi connectivity index (χ2v) is 8.36. The fourth-order valence-electron chi connectivity index (χ4n) is 3.06. The number of hydrogen-bond acceptors (Lipinski definition) is 6. The summed E-state index contributed by atoms with van der Waals surface area (Å²) in [5.41, 5.74) is 9.39. The summed E-state index contributed by atoms with van der Waals surface area (Å²) in [7, 11) is 0. The van der Waals surface area contributed by atoms with Gasteiger partial charge in [-0.15, -0.1) is 22.7 Å². The summed E-state index contributed by atoms with van der Waals surface area (Å²) >= 11 is 2.81. The number of hydrogen-bond donors (Lipinski definition) is 2. The van der Waals surface area contributed by atoms with E-state index in [9.17, 15) is 10.1 Å². The molecule has 28 heavy (non-hydrogen) atoms. The fourth-order valence-corrected chi connectivity index (χ4v) is 4.85. The van der Waals surface area contributed by atoms with Crippen LogP contribution in [-0.2, 0) is 11.3 Å². The van der Waals surface area contributed by atoms with Crippen LogP contribution in [0.15, 0.2) is 41.8 Å². The smallest absolute Gasteiger partial charge is 0.348 e. The molecule has 0 aliphatic heterocycles. The van der Waals surface area contributed by atoms with Crippen molar-refractivity contribution in [3.8, 4) is 6.07 Å². The maximum absolute atomic E-state index is 12.3. The number of ether oxygens (including phenoxy) is 1. The molecular weight excluding hydrogens is 390 g/mol. The Balaban J connectivity index is 1.93. The Morgan fingerprint density at radius 1 is 1.32 bits per heavy atom. The van der Waals surface area contributed by atoms with Crippen LogP contribution in [-0.4, -0.2) is 12.6 Å². The van der Waals surface area contributed by atoms with E-state index < -0.39 is 5.97 Å². The molecule has 0 saturated carbocycles. The minimum Gasteiger partial charge on any atom is -0.462 e. The Morgan fingerprint density at radius 2 is 2.07 bits per heavy atom. The number of thiophene rings is 2. The Bertz CT molecular complexity index is 986. The highest BCUT2D eigenvalue weighted by Crippen LogP contribution is 2.31. The quantitative estimate of drug-likeness (QED) is 0.580. The first kappa shape index (κ1) is 20.1. The van der Waals surface area contributed by atoms with Crippen molar-refractivity contribution in [3.63, 3.8) is 0 Å². The zero-order chi connectivity index (χ0) is 20.1. The van der Waals surface area contributed by atoms with Crippen LogP contribution in [0.2, 0.25) is 0 Å². The molecule has 7 heteroatoms. The van der Waals surface area contributed by atoms with Crippen LogP contribution >= 0.6 is 22.7 Å². The first-order chi connectivity index (χ1) is 13.5. The molecule has 0 radical (unpaired) electrons. The standard InChI is InChI=1S/C21H21N3O2S2/c1-3-26-21(25)19-16(15(11-22)20(23)28-19)12-24-18(17-5-4-10-27-17)14-8-6-13(2)7-9-14/h4-10,18,24H,3,12,23H2,1-2H3/p+1/t18-/m0/s1. The Labute approximate surface area is 172 Å². The number of nitrogens with zero attached hydrogens (tertiary/aromatic N) is 1. The van der Waals surface area contributed by atoms with Gasteiger partial charge in [0.05, 0.1) is 22.6 Å². The summed E-state index contributed by atoms with van der Waals surface area (Å²) in [4.78, 5) is 14.0. The molecule has 0 unspecified atom stereocenters. The monoisotopic (exact) mass is 412 g/mol. The van der Waals surface area contributed by atoms with E-state index in [0.717, 1.165) is 11.3 Å². The molecular formula is C21H22N3O2S2+. The van der Waals surface area contributed by atoms with Gasteiger partial charge in [0.2, 0.25) is 0 Å². The third-order valence-corrected chi connectivity index (χ3v) is 6.45. The number of aryl methyl sites for hydroxylation is 1. The van der Waals surface area contributed by atoms with Crippen molar-refractivity contribution in [3.05, 3.63) is 73.8 Å². The zero-order valence-corrected chi connectivity index (χ0v) is 17.4. The molecule has 2 heterocycles. The number of carbonyl (C=O) groups is 1. The molecule has 0 fully saturated rings. The molecule has 2 aromatic heterocycles. The van der Waals surface area contributed by atoms with E-state index in [-0.39, 0.29) is 12.6 Å². The van der Waals surface area contributed by atoms with Crippen LogP contribution < -0.4 is 11.1 Å². The van der Waals surface area contributed by atoms with Gasteiger partial charge in [-0.2, -0.15) is 5.26 Å². The number of anilines is 1. The zero-order valence-electron chi connectivity index (χ0n) is 15.8. The molecule has 3 rings (SSSR count). The van der Waals surface area contributed by atoms with E-state index in [1.54, 1.807) is 18.3 Å². The number of nitriles is 1. The molecule has 0 spiro atoms. The number of carbonyl (C=O) groups excluding carboxylic acids is 1. The van der Waals surface area contributed by atoms with Crippen LogP contribution in [0.25, 0.3) is 0 Å². The average Bonchev–Trinajstić information content (AvgIpc) is 3.31. The van der Waals surface area contributed by atoms with Gasteiger partial charge >= 0.3 is 5.97 Å². The lowest BCUT2D eigenvalue weighted by Crippen LogP contribution is -2.84. The van der Waals surface area contributed by atoms with Gasteiger partial charge in [0.25, 0.3) is 0 Å². The van der Waals surface area contributed by atoms with E-state index in [1.165, 1.54) is 16.0 Å². The van der Waals surface area contributed by atoms with Gasteiger partial charge in [0.15, 0.2) is 0 Å². The molecule has 0 bridgehead atoms. The highest BCUT2D eigenvalue weighted by Gasteiger charge is 2.26. The summed E-state index contributed by atoms with van der Waals surface area (Å²) < 4.78 is 5.15. The highest BCUT2D eigenvalue weighted by atomic mass is 32.1. The van der Waals surface area contributed by atoms with Crippen molar-refractivity contribution in [1.82, 2.24) is 0 Å². The fraction of sp³-hybridized carbons (Fsp3) is 0.238. The normalized spacial score (nSPS) is 11.8. The third kappa shape index (κ3) is 4.25. The predicted molar refractivity (Wildman–Crippen MR) is 112 cm³/mol. The number of quaternary nitrogens is 1. The SMILES string of the molecule is CCOC(=O)c1sc(N)c(C#N)c1C[NH2+][C@@H](c1ccc(C)cc1)c1cccs1. The molecule has 1 atom stereocenters. The molecule has 4 N–H and O–H groups in total. The van der Waals surface area contributed by atoms with Crippen molar-refractivity contribution in [1.29, 1.82) is 5.26 Å². The van der Waals surface area contributed by atoms with Gasteiger partial charge in [-0.25, -0.2) is 4.79 Å². The van der Waals surface area contributed by atoms with E-state index in [1.807, 2.05) is 6.07 Å². The summed E-state index contributed by atoms with van der Waals surface area (Å²) in [5.74, 6) is -0.424. The van der Waals surface area contributed by atoms with Crippen molar-refractivity contribution < 1.29 is 14.8 Å². The second-order valence-electron chi connectivity index (χ2n) is 6.32. The van der Waals surface area contributed by atoms with Crippen LogP contribution in [0.5, 0.6) is 0 Å². The summed E-state index contributed by atoms with van der Waals surface area (Å²) in [6, 6.07) is 14.8. The van der Waals surface area contributed by atoms with Crippen LogP contribution in [0.4, 0.5) is 5.00 Å². The lowest BCUT2D eigenvalue weighted by molar-refractivity contribution is -0.701. The van der Waals surface area contributed by atoms with Crippen molar-refractivity contribution >= 4 is 33.6 Å². The largest absolute Gasteiger partial charge is 0.462 e. The Hall–Kier alpha value is -2.66. The maximum Gasteiger partial charge on any atom is 0.348 e. The number of benzene rings is 1. The van der Waals surface area contributed by atoms with Crippen LogP contribution in [0, 0.1) is 18.3 Å². The van der Waals surface area contributed by atoms with Crippen molar-refractivity contribution in [2.75, 3.05) is 12.3 Å². The molecule has 5 nitrogen and oxygen atoms in total. The lowest BCUT2D eigenvalue weighted by Gasteiger charge is -2.15. The van der Waals surface area contributed by atoms with Gasteiger partial charge in [-0.3, -0.25) is 0 Å². The average molecular weight is 413 g/mol. The second kappa shape index (κ2) is 9.02. The number of nitrogens with two attached hydrogens (primary N) is 2. The Kier molecular flexibility index (Phi) is 6.47. The highest BCUT2D eigenvalue weighted by molar-refractivity contribution is 7.18. The molecule has 3 aromatic rings. The van der Waals surface area contributed by atoms with Gasteiger partial charge in [-0.05, 0) is 25.3 Å². The lowest BCUT2D eigenvalue weighted by atomic mass is 10.0. The van der Waals surface area contributed by atoms with E-state index >= 15 is 0 Å². The molecule has 1 aromatic carbocycles. The van der Waals surface area contributed by atoms with Gasteiger partial charge in [0.1, 0.15) is 28.5 Å². The first-order valence-corrected chi connectivity index (χ1v) is 10.7. The van der Waals surface area contributed by atoms with Gasteiger partial charge < -0.3 is 15.8 Å². The van der Waals surface area contributed by atoms with E-state index in [4.69, 9.17) is 10.5 Å². The van der Waals surface area contributed by atoms with Gasteiger partial charge in [0, 0.05) is 5.56 Å². The number of esters is 1. The molecule has 0 saturated heterocycles. The van der Waals surface area contributed by atoms with Crippen LogP contribution in [0.1, 0.15) is 49.8 Å². The predicted octanol–water partition coefficient (Wildman–Crippen LogP) is 3.60. The van der Waals surface area contributed by atoms with E-state index in [0.29, 0.717) is 27.5 Å².